The fourth-order valence-electron chi connectivity index (χ4n) is 1.58. The number of sulfonamides is 1. The molecule has 7 heteroatoms. The van der Waals surface area contributed by atoms with E-state index in [9.17, 15) is 18.3 Å². The first-order valence-corrected chi connectivity index (χ1v) is 7.89. The summed E-state index contributed by atoms with van der Waals surface area (Å²) >= 11 is 0. The molecule has 116 valence electrons. The predicted octanol–water partition coefficient (Wildman–Crippen LogP) is 1.08. The molecule has 1 aromatic rings. The maximum atomic E-state index is 12.1. The van der Waals surface area contributed by atoms with Crippen LogP contribution in [0.25, 0.3) is 6.08 Å². The summed E-state index contributed by atoms with van der Waals surface area (Å²) in [6.45, 7) is 3.34. The van der Waals surface area contributed by atoms with Crippen molar-refractivity contribution in [3.8, 4) is 0 Å². The van der Waals surface area contributed by atoms with Gasteiger partial charge >= 0.3 is 5.97 Å². The monoisotopic (exact) mass is 313 g/mol. The van der Waals surface area contributed by atoms with Crippen LogP contribution < -0.4 is 4.72 Å². The van der Waals surface area contributed by atoms with Gasteiger partial charge in [-0.1, -0.05) is 26.0 Å². The molecule has 0 aromatic heterocycles. The van der Waals surface area contributed by atoms with Gasteiger partial charge in [0.15, 0.2) is 0 Å². The molecule has 1 aromatic carbocycles. The fraction of sp³-hybridized carbons (Fsp3) is 0.357. The number of hydrogen-bond acceptors (Lipinski definition) is 4. The molecule has 1 atom stereocenters. The van der Waals surface area contributed by atoms with E-state index in [0.717, 1.165) is 6.08 Å². The first kappa shape index (κ1) is 17.4. The van der Waals surface area contributed by atoms with Gasteiger partial charge < -0.3 is 10.2 Å². The topological polar surface area (TPSA) is 104 Å². The highest BCUT2D eigenvalue weighted by atomic mass is 32.2. The SMILES string of the molecule is CC(C)[C@@H](CO)NS(=O)(=O)c1ccc(C=CC(=O)O)cc1. The molecule has 0 amide bonds. The molecule has 0 aliphatic heterocycles. The third-order valence-corrected chi connectivity index (χ3v) is 4.42. The highest BCUT2D eigenvalue weighted by Gasteiger charge is 2.21. The average molecular weight is 313 g/mol. The fourth-order valence-corrected chi connectivity index (χ4v) is 2.95. The van der Waals surface area contributed by atoms with Crippen LogP contribution in [0.5, 0.6) is 0 Å². The molecule has 0 unspecified atom stereocenters. The number of carboxylic acid groups (broad SMARTS) is 1. The molecule has 0 saturated heterocycles. The number of nitrogens with one attached hydrogen (secondary N) is 1. The zero-order chi connectivity index (χ0) is 16.0. The van der Waals surface area contributed by atoms with Gasteiger partial charge in [-0.05, 0) is 29.7 Å². The van der Waals surface area contributed by atoms with Crippen molar-refractivity contribution in [2.45, 2.75) is 24.8 Å². The van der Waals surface area contributed by atoms with Crippen LogP contribution in [0.1, 0.15) is 19.4 Å². The van der Waals surface area contributed by atoms with Gasteiger partial charge in [-0.25, -0.2) is 17.9 Å². The summed E-state index contributed by atoms with van der Waals surface area (Å²) in [5.74, 6) is -1.11. The quantitative estimate of drug-likeness (QED) is 0.654. The minimum atomic E-state index is -3.72. The molecule has 0 aliphatic carbocycles. The van der Waals surface area contributed by atoms with Crippen LogP contribution >= 0.6 is 0 Å². The normalized spacial score (nSPS) is 13.7. The van der Waals surface area contributed by atoms with Gasteiger partial charge in [0, 0.05) is 12.1 Å². The first-order chi connectivity index (χ1) is 9.76. The summed E-state index contributed by atoms with van der Waals surface area (Å²) in [6, 6.07) is 5.24. The van der Waals surface area contributed by atoms with Crippen LogP contribution in [-0.2, 0) is 14.8 Å². The predicted molar refractivity (Wildman–Crippen MR) is 79.1 cm³/mol. The Morgan fingerprint density at radius 3 is 2.29 bits per heavy atom. The molecule has 0 fully saturated rings. The second-order valence-corrected chi connectivity index (χ2v) is 6.61. The third kappa shape index (κ3) is 5.30. The third-order valence-electron chi connectivity index (χ3n) is 2.92. The molecule has 0 heterocycles. The van der Waals surface area contributed by atoms with Crippen molar-refractivity contribution in [3.05, 3.63) is 35.9 Å². The van der Waals surface area contributed by atoms with E-state index in [4.69, 9.17) is 5.11 Å². The zero-order valence-electron chi connectivity index (χ0n) is 11.9. The Morgan fingerprint density at radius 1 is 1.29 bits per heavy atom. The lowest BCUT2D eigenvalue weighted by Gasteiger charge is -2.19. The minimum absolute atomic E-state index is 0.0393. The molecule has 0 radical (unpaired) electrons. The maximum Gasteiger partial charge on any atom is 0.328 e. The van der Waals surface area contributed by atoms with Gasteiger partial charge in [-0.2, -0.15) is 0 Å². The van der Waals surface area contributed by atoms with Crippen molar-refractivity contribution in [2.24, 2.45) is 5.92 Å². The number of rotatable bonds is 7. The van der Waals surface area contributed by atoms with E-state index in [2.05, 4.69) is 4.72 Å². The lowest BCUT2D eigenvalue weighted by atomic mass is 10.1. The molecule has 3 N–H and O–H groups in total. The summed E-state index contributed by atoms with van der Waals surface area (Å²) in [6.07, 6.45) is 2.35. The van der Waals surface area contributed by atoms with Crippen LogP contribution in [0.4, 0.5) is 0 Å². The lowest BCUT2D eigenvalue weighted by molar-refractivity contribution is -0.131. The second-order valence-electron chi connectivity index (χ2n) is 4.89. The zero-order valence-corrected chi connectivity index (χ0v) is 12.7. The van der Waals surface area contributed by atoms with Crippen LogP contribution in [0, 0.1) is 5.92 Å². The number of carboxylic acids is 1. The number of carbonyl (C=O) groups is 1. The van der Waals surface area contributed by atoms with Gasteiger partial charge in [0.05, 0.1) is 11.5 Å². The largest absolute Gasteiger partial charge is 0.478 e. The number of aliphatic carboxylic acids is 1. The lowest BCUT2D eigenvalue weighted by Crippen LogP contribution is -2.41. The Kier molecular flexibility index (Phi) is 6.07. The Hall–Kier alpha value is -1.70. The van der Waals surface area contributed by atoms with E-state index in [1.807, 2.05) is 13.8 Å². The highest BCUT2D eigenvalue weighted by molar-refractivity contribution is 7.89. The van der Waals surface area contributed by atoms with Crippen molar-refractivity contribution in [3.63, 3.8) is 0 Å². The van der Waals surface area contributed by atoms with Gasteiger partial charge in [0.2, 0.25) is 10.0 Å². The number of benzene rings is 1. The van der Waals surface area contributed by atoms with Crippen molar-refractivity contribution in [1.82, 2.24) is 4.72 Å². The molecular weight excluding hydrogens is 294 g/mol. The van der Waals surface area contributed by atoms with Crippen molar-refractivity contribution in [2.75, 3.05) is 6.61 Å². The Bertz CT molecular complexity index is 605. The smallest absolute Gasteiger partial charge is 0.328 e. The Morgan fingerprint density at radius 2 is 1.86 bits per heavy atom. The van der Waals surface area contributed by atoms with Crippen molar-refractivity contribution >= 4 is 22.1 Å². The maximum absolute atomic E-state index is 12.1. The minimum Gasteiger partial charge on any atom is -0.478 e. The molecule has 0 bridgehead atoms. The van der Waals surface area contributed by atoms with Crippen molar-refractivity contribution < 1.29 is 23.4 Å². The van der Waals surface area contributed by atoms with Crippen LogP contribution in [-0.4, -0.2) is 37.2 Å². The van der Waals surface area contributed by atoms with E-state index in [0.29, 0.717) is 5.56 Å². The molecule has 1 rings (SSSR count). The summed E-state index contributed by atoms with van der Waals surface area (Å²) in [4.78, 5) is 10.5. The standard InChI is InChI=1S/C14H19NO5S/c1-10(2)13(9-16)15-21(19,20)12-6-3-11(4-7-12)5-8-14(17)18/h3-8,10,13,15-16H,9H2,1-2H3,(H,17,18)/t13-/m1/s1. The van der Waals surface area contributed by atoms with Crippen molar-refractivity contribution in [1.29, 1.82) is 0 Å². The molecule has 21 heavy (non-hydrogen) atoms. The van der Waals surface area contributed by atoms with Crippen LogP contribution in [0.3, 0.4) is 0 Å². The molecule has 0 spiro atoms. The molecule has 0 saturated carbocycles. The van der Waals surface area contributed by atoms with E-state index in [1.54, 1.807) is 0 Å². The Balaban J connectivity index is 2.92. The summed E-state index contributed by atoms with van der Waals surface area (Å²) in [5, 5.41) is 17.7. The number of hydrogen-bond donors (Lipinski definition) is 3. The average Bonchev–Trinajstić information content (AvgIpc) is 2.42. The van der Waals surface area contributed by atoms with Gasteiger partial charge in [-0.15, -0.1) is 0 Å². The molecule has 6 nitrogen and oxygen atoms in total. The van der Waals surface area contributed by atoms with Crippen LogP contribution in [0.2, 0.25) is 0 Å². The van der Waals surface area contributed by atoms with E-state index >= 15 is 0 Å². The van der Waals surface area contributed by atoms with Gasteiger partial charge in [0.25, 0.3) is 0 Å². The summed E-state index contributed by atoms with van der Waals surface area (Å²) in [5.41, 5.74) is 0.582. The Labute approximate surface area is 124 Å². The van der Waals surface area contributed by atoms with Gasteiger partial charge in [0.1, 0.15) is 0 Å². The number of aliphatic hydroxyl groups excluding tert-OH is 1. The molecule has 0 aliphatic rings. The van der Waals surface area contributed by atoms with E-state index in [-0.39, 0.29) is 17.4 Å². The van der Waals surface area contributed by atoms with E-state index in [1.165, 1.54) is 30.3 Å². The summed E-state index contributed by atoms with van der Waals surface area (Å²) < 4.78 is 26.7. The summed E-state index contributed by atoms with van der Waals surface area (Å²) in [7, 11) is -3.72. The second kappa shape index (κ2) is 7.35. The van der Waals surface area contributed by atoms with E-state index < -0.39 is 22.0 Å². The number of aliphatic hydroxyl groups is 1. The highest BCUT2D eigenvalue weighted by Crippen LogP contribution is 2.13. The van der Waals surface area contributed by atoms with Crippen LogP contribution in [0.15, 0.2) is 35.2 Å². The molecular formula is C14H19NO5S. The first-order valence-electron chi connectivity index (χ1n) is 6.40. The van der Waals surface area contributed by atoms with Gasteiger partial charge in [-0.3, -0.25) is 0 Å².